The maximum absolute atomic E-state index is 6.03. The molecule has 0 saturated carbocycles. The highest BCUT2D eigenvalue weighted by molar-refractivity contribution is 7.99. The summed E-state index contributed by atoms with van der Waals surface area (Å²) in [6.45, 7) is 1.83. The van der Waals surface area contributed by atoms with Gasteiger partial charge in [-0.1, -0.05) is 41.0 Å². The van der Waals surface area contributed by atoms with E-state index in [0.717, 1.165) is 11.7 Å². The maximum Gasteiger partial charge on any atom is 0.191 e. The average Bonchev–Trinajstić information content (AvgIpc) is 2.91. The first kappa shape index (κ1) is 16.4. The lowest BCUT2D eigenvalue weighted by Crippen LogP contribution is -2.06. The first-order chi connectivity index (χ1) is 10.2. The van der Waals surface area contributed by atoms with Crippen LogP contribution >= 0.6 is 35.0 Å². The molecule has 0 spiro atoms. The molecule has 0 N–H and O–H groups in total. The second-order valence-electron chi connectivity index (χ2n) is 4.05. The molecule has 0 bridgehead atoms. The summed E-state index contributed by atoms with van der Waals surface area (Å²) in [7, 11) is 1.67. The number of benzene rings is 1. The lowest BCUT2D eigenvalue weighted by molar-refractivity contribution is 0.184. The van der Waals surface area contributed by atoms with E-state index in [-0.39, 0.29) is 0 Å². The van der Waals surface area contributed by atoms with E-state index in [1.165, 1.54) is 0 Å². The van der Waals surface area contributed by atoms with Gasteiger partial charge in [0.15, 0.2) is 10.9 Å². The van der Waals surface area contributed by atoms with Crippen LogP contribution < -0.4 is 4.74 Å². The summed E-state index contributed by atoms with van der Waals surface area (Å²) in [4.78, 5) is 0. The fourth-order valence-corrected chi connectivity index (χ4v) is 2.86. The lowest BCUT2D eigenvalue weighted by Gasteiger charge is -2.09. The molecule has 0 unspecified atom stereocenters. The first-order valence-corrected chi connectivity index (χ1v) is 8.03. The molecule has 0 fully saturated rings. The maximum atomic E-state index is 6.03. The number of methoxy groups -OCH3 is 1. The zero-order chi connectivity index (χ0) is 15.1. The molecule has 1 heterocycles. The van der Waals surface area contributed by atoms with Gasteiger partial charge in [-0.15, -0.1) is 10.2 Å². The third-order valence-corrected chi connectivity index (χ3v) is 4.14. The molecule has 0 radical (unpaired) electrons. The van der Waals surface area contributed by atoms with Crippen molar-refractivity contribution >= 4 is 35.0 Å². The number of nitrogens with zero attached hydrogens (tertiary/aromatic N) is 3. The Kier molecular flexibility index (Phi) is 6.63. The number of hydrogen-bond donors (Lipinski definition) is 0. The molecule has 0 amide bonds. The van der Waals surface area contributed by atoms with Crippen LogP contribution in [0.25, 0.3) is 0 Å². The topological polar surface area (TPSA) is 49.2 Å². The number of para-hydroxylation sites is 1. The SMILES string of the molecule is COCCn1cnnc1SCCOc1c(Cl)cccc1Cl. The summed E-state index contributed by atoms with van der Waals surface area (Å²) in [5.41, 5.74) is 0. The van der Waals surface area contributed by atoms with Crippen LogP contribution in [0.3, 0.4) is 0 Å². The van der Waals surface area contributed by atoms with E-state index in [0.29, 0.717) is 34.8 Å². The number of hydrogen-bond acceptors (Lipinski definition) is 5. The third kappa shape index (κ3) is 4.78. The average molecular weight is 348 g/mol. The number of thioether (sulfide) groups is 1. The normalized spacial score (nSPS) is 10.8. The van der Waals surface area contributed by atoms with Crippen molar-refractivity contribution in [2.24, 2.45) is 0 Å². The Morgan fingerprint density at radius 3 is 2.71 bits per heavy atom. The number of ether oxygens (including phenoxy) is 2. The van der Waals surface area contributed by atoms with Crippen LogP contribution in [0.2, 0.25) is 10.0 Å². The summed E-state index contributed by atoms with van der Waals surface area (Å²) >= 11 is 13.6. The molecule has 5 nitrogen and oxygen atoms in total. The van der Waals surface area contributed by atoms with Crippen LogP contribution in [0.15, 0.2) is 29.7 Å². The van der Waals surface area contributed by atoms with Crippen molar-refractivity contribution in [2.75, 3.05) is 26.1 Å². The third-order valence-electron chi connectivity index (χ3n) is 2.60. The van der Waals surface area contributed by atoms with E-state index in [1.807, 2.05) is 4.57 Å². The fourth-order valence-electron chi connectivity index (χ4n) is 1.60. The standard InChI is InChI=1S/C13H15Cl2N3O2S/c1-19-6-5-18-9-16-17-13(18)21-8-7-20-12-10(14)3-2-4-11(12)15/h2-4,9H,5-8H2,1H3. The highest BCUT2D eigenvalue weighted by atomic mass is 35.5. The Hall–Kier alpha value is -0.950. The van der Waals surface area contributed by atoms with Gasteiger partial charge in [-0.05, 0) is 12.1 Å². The van der Waals surface area contributed by atoms with Crippen LogP contribution in [0.1, 0.15) is 0 Å². The number of halogens is 2. The van der Waals surface area contributed by atoms with Gasteiger partial charge in [0, 0.05) is 19.4 Å². The van der Waals surface area contributed by atoms with E-state index in [2.05, 4.69) is 10.2 Å². The Morgan fingerprint density at radius 1 is 1.24 bits per heavy atom. The molecule has 8 heteroatoms. The van der Waals surface area contributed by atoms with Crippen LogP contribution in [-0.2, 0) is 11.3 Å². The monoisotopic (exact) mass is 347 g/mol. The predicted molar refractivity (Wildman–Crippen MR) is 84.6 cm³/mol. The molecule has 1 aromatic carbocycles. The Bertz CT molecular complexity index is 560. The first-order valence-electron chi connectivity index (χ1n) is 6.28. The number of aromatic nitrogens is 3. The summed E-state index contributed by atoms with van der Waals surface area (Å²) < 4.78 is 12.6. The van der Waals surface area contributed by atoms with Crippen LogP contribution in [0.5, 0.6) is 5.75 Å². The van der Waals surface area contributed by atoms with E-state index in [4.69, 9.17) is 32.7 Å². The van der Waals surface area contributed by atoms with Crippen molar-refractivity contribution in [3.05, 3.63) is 34.6 Å². The van der Waals surface area contributed by atoms with Gasteiger partial charge in [0.2, 0.25) is 0 Å². The molecule has 0 aliphatic carbocycles. The summed E-state index contributed by atoms with van der Waals surface area (Å²) in [6.07, 6.45) is 1.69. The zero-order valence-electron chi connectivity index (χ0n) is 11.5. The Labute approximate surface area is 137 Å². The highest BCUT2D eigenvalue weighted by Gasteiger charge is 2.08. The van der Waals surface area contributed by atoms with Crippen molar-refractivity contribution in [2.45, 2.75) is 11.7 Å². The van der Waals surface area contributed by atoms with Crippen LogP contribution in [0.4, 0.5) is 0 Å². The van der Waals surface area contributed by atoms with Gasteiger partial charge < -0.3 is 14.0 Å². The molecule has 2 rings (SSSR count). The summed E-state index contributed by atoms with van der Waals surface area (Å²) in [5.74, 6) is 1.23. The van der Waals surface area contributed by atoms with Gasteiger partial charge in [-0.25, -0.2) is 0 Å². The van der Waals surface area contributed by atoms with Gasteiger partial charge >= 0.3 is 0 Å². The summed E-state index contributed by atoms with van der Waals surface area (Å²) in [6, 6.07) is 5.28. The van der Waals surface area contributed by atoms with Gasteiger partial charge in [0.1, 0.15) is 6.33 Å². The summed E-state index contributed by atoms with van der Waals surface area (Å²) in [5, 5.41) is 9.81. The molecule has 0 atom stereocenters. The fraction of sp³-hybridized carbons (Fsp3) is 0.385. The van der Waals surface area contributed by atoms with Crippen LogP contribution in [-0.4, -0.2) is 40.8 Å². The highest BCUT2D eigenvalue weighted by Crippen LogP contribution is 2.32. The van der Waals surface area contributed by atoms with E-state index >= 15 is 0 Å². The quantitative estimate of drug-likeness (QED) is 0.541. The molecule has 0 saturated heterocycles. The lowest BCUT2D eigenvalue weighted by atomic mass is 10.3. The molecular weight excluding hydrogens is 333 g/mol. The molecule has 1 aromatic heterocycles. The molecule has 2 aromatic rings. The van der Waals surface area contributed by atoms with Gasteiger partial charge in [-0.3, -0.25) is 0 Å². The van der Waals surface area contributed by atoms with Gasteiger partial charge in [0.05, 0.1) is 23.3 Å². The Morgan fingerprint density at radius 2 is 2.00 bits per heavy atom. The van der Waals surface area contributed by atoms with Crippen molar-refractivity contribution in [1.82, 2.24) is 14.8 Å². The zero-order valence-corrected chi connectivity index (χ0v) is 13.8. The van der Waals surface area contributed by atoms with E-state index in [9.17, 15) is 0 Å². The molecule has 114 valence electrons. The Balaban J connectivity index is 1.81. The van der Waals surface area contributed by atoms with Crippen molar-refractivity contribution in [3.63, 3.8) is 0 Å². The van der Waals surface area contributed by atoms with E-state index in [1.54, 1.807) is 43.4 Å². The minimum absolute atomic E-state index is 0.477. The smallest absolute Gasteiger partial charge is 0.191 e. The second-order valence-corrected chi connectivity index (χ2v) is 5.92. The van der Waals surface area contributed by atoms with Gasteiger partial charge in [0.25, 0.3) is 0 Å². The molecule has 0 aliphatic rings. The van der Waals surface area contributed by atoms with Crippen molar-refractivity contribution in [1.29, 1.82) is 0 Å². The molecular formula is C13H15Cl2N3O2S. The minimum atomic E-state index is 0.477. The van der Waals surface area contributed by atoms with Crippen LogP contribution in [0, 0.1) is 0 Å². The van der Waals surface area contributed by atoms with Gasteiger partial charge in [-0.2, -0.15) is 0 Å². The predicted octanol–water partition coefficient (Wildman–Crippen LogP) is 3.40. The molecule has 21 heavy (non-hydrogen) atoms. The largest absolute Gasteiger partial charge is 0.490 e. The molecule has 0 aliphatic heterocycles. The number of rotatable bonds is 8. The minimum Gasteiger partial charge on any atom is -0.490 e. The van der Waals surface area contributed by atoms with E-state index < -0.39 is 0 Å². The van der Waals surface area contributed by atoms with Crippen molar-refractivity contribution < 1.29 is 9.47 Å². The van der Waals surface area contributed by atoms with Crippen molar-refractivity contribution in [3.8, 4) is 5.75 Å². The second kappa shape index (κ2) is 8.48.